The van der Waals surface area contributed by atoms with E-state index in [0.717, 1.165) is 44.6 Å². The molecule has 2 aromatic carbocycles. The Hall–Kier alpha value is -2.70. The maximum Gasteiger partial charge on any atom is 0.254 e. The van der Waals surface area contributed by atoms with Crippen molar-refractivity contribution < 1.29 is 9.59 Å². The third kappa shape index (κ3) is 5.00. The summed E-state index contributed by atoms with van der Waals surface area (Å²) in [5.74, 6) is 1.34. The fraction of sp³-hybridized carbons (Fsp3) is 0.517. The summed E-state index contributed by atoms with van der Waals surface area (Å²) >= 11 is 0. The number of amides is 2. The van der Waals surface area contributed by atoms with Gasteiger partial charge >= 0.3 is 0 Å². The lowest BCUT2D eigenvalue weighted by molar-refractivity contribution is -0.129. The normalized spacial score (nSPS) is 26.8. The summed E-state index contributed by atoms with van der Waals surface area (Å²) in [6.07, 6.45) is 2.94. The average molecular weight is 475 g/mol. The van der Waals surface area contributed by atoms with E-state index in [4.69, 9.17) is 0 Å². The van der Waals surface area contributed by atoms with E-state index >= 15 is 0 Å². The average Bonchev–Trinajstić information content (AvgIpc) is 3.66. The molecule has 35 heavy (non-hydrogen) atoms. The predicted molar refractivity (Wildman–Crippen MR) is 138 cm³/mol. The first-order valence-electron chi connectivity index (χ1n) is 13.1. The highest BCUT2D eigenvalue weighted by Gasteiger charge is 2.52. The summed E-state index contributed by atoms with van der Waals surface area (Å²) in [4.78, 5) is 31.1. The lowest BCUT2D eigenvalue weighted by Gasteiger charge is -2.40. The first-order valence-corrected chi connectivity index (χ1v) is 13.1. The van der Waals surface area contributed by atoms with Crippen molar-refractivity contribution in [1.29, 1.82) is 0 Å². The number of hydrogen-bond donors (Lipinski definition) is 1. The van der Waals surface area contributed by atoms with Gasteiger partial charge in [0.05, 0.1) is 11.5 Å². The molecule has 0 bridgehead atoms. The second kappa shape index (κ2) is 9.75. The molecule has 3 fully saturated rings. The van der Waals surface area contributed by atoms with Gasteiger partial charge in [0, 0.05) is 38.3 Å². The highest BCUT2D eigenvalue weighted by Crippen LogP contribution is 2.48. The van der Waals surface area contributed by atoms with Crippen molar-refractivity contribution in [1.82, 2.24) is 20.2 Å². The van der Waals surface area contributed by atoms with Gasteiger partial charge in [0.2, 0.25) is 5.91 Å². The first-order chi connectivity index (χ1) is 16.9. The Labute approximate surface area is 209 Å². The molecule has 6 heteroatoms. The summed E-state index contributed by atoms with van der Waals surface area (Å²) < 4.78 is 0. The number of benzene rings is 2. The number of carbonyl (C=O) groups is 2. The minimum atomic E-state index is -0.452. The van der Waals surface area contributed by atoms with Gasteiger partial charge in [-0.05, 0) is 61.4 Å². The molecule has 2 heterocycles. The predicted octanol–water partition coefficient (Wildman–Crippen LogP) is 3.86. The van der Waals surface area contributed by atoms with Crippen LogP contribution in [0.4, 0.5) is 0 Å². The number of nitrogens with zero attached hydrogens (tertiary/aromatic N) is 3. The van der Waals surface area contributed by atoms with Gasteiger partial charge in [-0.2, -0.15) is 0 Å². The number of piperazine rings is 1. The van der Waals surface area contributed by atoms with Crippen molar-refractivity contribution in [2.75, 3.05) is 39.8 Å². The highest BCUT2D eigenvalue weighted by molar-refractivity contribution is 5.95. The van der Waals surface area contributed by atoms with Gasteiger partial charge in [0.25, 0.3) is 5.91 Å². The fourth-order valence-electron chi connectivity index (χ4n) is 6.00. The van der Waals surface area contributed by atoms with Crippen LogP contribution in [-0.4, -0.2) is 66.4 Å². The zero-order valence-electron chi connectivity index (χ0n) is 21.2. The van der Waals surface area contributed by atoms with Gasteiger partial charge in [-0.1, -0.05) is 56.3 Å². The van der Waals surface area contributed by atoms with Crippen LogP contribution in [0, 0.1) is 11.8 Å². The van der Waals surface area contributed by atoms with Crippen LogP contribution in [0.15, 0.2) is 54.6 Å². The Morgan fingerprint density at radius 3 is 2.17 bits per heavy atom. The van der Waals surface area contributed by atoms with Crippen LogP contribution in [-0.2, 0) is 10.2 Å². The van der Waals surface area contributed by atoms with Crippen LogP contribution in [0.2, 0.25) is 0 Å². The lowest BCUT2D eigenvalue weighted by Crippen LogP contribution is -2.52. The minimum absolute atomic E-state index is 0.0389. The molecule has 0 aromatic heterocycles. The number of nitrogens with one attached hydrogen (secondary N) is 1. The van der Waals surface area contributed by atoms with Crippen molar-refractivity contribution in [2.24, 2.45) is 11.8 Å². The SMILES string of the molecule is CC1CC(C)CN(NC(=O)C2(c3ccc(C(=O)N4CCN(C)CC4c4ccccc4)cc3)CC2)C1. The molecule has 5 rings (SSSR count). The Morgan fingerprint density at radius 2 is 1.54 bits per heavy atom. The largest absolute Gasteiger partial charge is 0.329 e. The summed E-state index contributed by atoms with van der Waals surface area (Å²) in [6.45, 7) is 8.71. The Balaban J connectivity index is 1.29. The van der Waals surface area contributed by atoms with Gasteiger partial charge in [-0.15, -0.1) is 0 Å². The summed E-state index contributed by atoms with van der Waals surface area (Å²) in [5.41, 5.74) is 5.63. The van der Waals surface area contributed by atoms with Gasteiger partial charge in [-0.3, -0.25) is 15.0 Å². The number of likely N-dealkylation sites (N-methyl/N-ethyl adjacent to an activating group) is 1. The van der Waals surface area contributed by atoms with E-state index in [0.29, 0.717) is 23.9 Å². The van der Waals surface area contributed by atoms with Crippen LogP contribution in [0.1, 0.15) is 60.6 Å². The molecule has 6 nitrogen and oxygen atoms in total. The Morgan fingerprint density at radius 1 is 0.886 bits per heavy atom. The number of carbonyl (C=O) groups excluding carboxylic acids is 2. The standard InChI is InChI=1S/C29H38N4O2/c1-21-17-22(2)19-32(18-21)30-28(35)29(13-14-29)25-11-9-24(10-12-25)27(34)33-16-15-31(3)20-26(33)23-7-5-4-6-8-23/h4-12,21-22,26H,13-20H2,1-3H3,(H,30,35). The second-order valence-electron chi connectivity index (χ2n) is 11.1. The minimum Gasteiger partial charge on any atom is -0.329 e. The number of hydrogen-bond acceptors (Lipinski definition) is 4. The molecule has 1 saturated carbocycles. The second-order valence-corrected chi connectivity index (χ2v) is 11.1. The molecule has 0 radical (unpaired) electrons. The van der Waals surface area contributed by atoms with Gasteiger partial charge in [-0.25, -0.2) is 5.01 Å². The van der Waals surface area contributed by atoms with Crippen LogP contribution >= 0.6 is 0 Å². The molecule has 3 atom stereocenters. The van der Waals surface area contributed by atoms with Crippen molar-refractivity contribution in [3.8, 4) is 0 Å². The molecule has 186 valence electrons. The molecule has 2 aliphatic heterocycles. The molecule has 2 aromatic rings. The number of rotatable bonds is 5. The molecule has 2 saturated heterocycles. The molecule has 0 spiro atoms. The van der Waals surface area contributed by atoms with E-state index < -0.39 is 5.41 Å². The van der Waals surface area contributed by atoms with E-state index in [2.05, 4.69) is 48.4 Å². The van der Waals surface area contributed by atoms with Crippen molar-refractivity contribution in [3.05, 3.63) is 71.3 Å². The van der Waals surface area contributed by atoms with Crippen molar-refractivity contribution in [2.45, 2.75) is 44.6 Å². The van der Waals surface area contributed by atoms with Crippen molar-refractivity contribution >= 4 is 11.8 Å². The molecule has 1 N–H and O–H groups in total. The Bertz CT molecular complexity index is 1040. The quantitative estimate of drug-likeness (QED) is 0.715. The fourth-order valence-corrected chi connectivity index (χ4v) is 6.00. The van der Waals surface area contributed by atoms with E-state index in [1.807, 2.05) is 47.4 Å². The molecule has 2 amide bonds. The van der Waals surface area contributed by atoms with Crippen molar-refractivity contribution in [3.63, 3.8) is 0 Å². The van der Waals surface area contributed by atoms with E-state index in [-0.39, 0.29) is 17.9 Å². The summed E-state index contributed by atoms with van der Waals surface area (Å²) in [5, 5.41) is 2.11. The van der Waals surface area contributed by atoms with E-state index in [1.54, 1.807) is 0 Å². The third-order valence-electron chi connectivity index (χ3n) is 8.03. The van der Waals surface area contributed by atoms with Gasteiger partial charge < -0.3 is 9.80 Å². The lowest BCUT2D eigenvalue weighted by atomic mass is 9.92. The van der Waals surface area contributed by atoms with Crippen LogP contribution in [0.3, 0.4) is 0 Å². The third-order valence-corrected chi connectivity index (χ3v) is 8.03. The van der Waals surface area contributed by atoms with Crippen LogP contribution in [0.25, 0.3) is 0 Å². The molecule has 3 aliphatic rings. The number of hydrazine groups is 1. The zero-order valence-corrected chi connectivity index (χ0v) is 21.2. The number of piperidine rings is 1. The topological polar surface area (TPSA) is 55.9 Å². The van der Waals surface area contributed by atoms with Gasteiger partial charge in [0.1, 0.15) is 0 Å². The molecular formula is C29H38N4O2. The maximum absolute atomic E-state index is 13.5. The smallest absolute Gasteiger partial charge is 0.254 e. The zero-order chi connectivity index (χ0) is 24.6. The highest BCUT2D eigenvalue weighted by atomic mass is 16.2. The summed E-state index contributed by atoms with van der Waals surface area (Å²) in [7, 11) is 2.11. The monoisotopic (exact) mass is 474 g/mol. The van der Waals surface area contributed by atoms with E-state index in [9.17, 15) is 9.59 Å². The van der Waals surface area contributed by atoms with Gasteiger partial charge in [0.15, 0.2) is 0 Å². The maximum atomic E-state index is 13.5. The van der Waals surface area contributed by atoms with E-state index in [1.165, 1.54) is 12.0 Å². The van der Waals surface area contributed by atoms with Crippen LogP contribution in [0.5, 0.6) is 0 Å². The molecular weight excluding hydrogens is 436 g/mol. The summed E-state index contributed by atoms with van der Waals surface area (Å²) in [6, 6.07) is 18.1. The first kappa shape index (κ1) is 24.0. The molecule has 1 aliphatic carbocycles. The molecule has 3 unspecified atom stereocenters. The Kier molecular flexibility index (Phi) is 6.69. The van der Waals surface area contributed by atoms with Crippen LogP contribution < -0.4 is 5.43 Å².